The third kappa shape index (κ3) is 6.77. The summed E-state index contributed by atoms with van der Waals surface area (Å²) in [5.74, 6) is 0. The Morgan fingerprint density at radius 1 is 1.08 bits per heavy atom. The lowest BCUT2D eigenvalue weighted by Crippen LogP contribution is -2.39. The van der Waals surface area contributed by atoms with E-state index in [4.69, 9.17) is 16.3 Å². The van der Waals surface area contributed by atoms with E-state index in [1.807, 2.05) is 75.4 Å². The van der Waals surface area contributed by atoms with Crippen molar-refractivity contribution in [2.24, 2.45) is 0 Å². The summed E-state index contributed by atoms with van der Waals surface area (Å²) in [5.41, 5.74) is 1.50. The maximum atomic E-state index is 12.1. The molecule has 0 aliphatic rings. The third-order valence-corrected chi connectivity index (χ3v) is 3.88. The maximum Gasteiger partial charge on any atom is 0.408 e. The van der Waals surface area contributed by atoms with Gasteiger partial charge in [0.1, 0.15) is 5.60 Å². The highest BCUT2D eigenvalue weighted by atomic mass is 35.5. The number of halogens is 1. The third-order valence-electron chi connectivity index (χ3n) is 3.51. The molecule has 134 valence electrons. The minimum absolute atomic E-state index is 0.196. The second-order valence-corrected chi connectivity index (χ2v) is 7.24. The van der Waals surface area contributed by atoms with Gasteiger partial charge in [-0.05, 0) is 38.0 Å². The van der Waals surface area contributed by atoms with Crippen molar-refractivity contribution in [1.82, 2.24) is 10.6 Å². The van der Waals surface area contributed by atoms with Crippen LogP contribution in [0.5, 0.6) is 0 Å². The zero-order chi connectivity index (χ0) is 18.3. The first-order chi connectivity index (χ1) is 11.8. The van der Waals surface area contributed by atoms with Crippen molar-refractivity contribution in [3.63, 3.8) is 0 Å². The van der Waals surface area contributed by atoms with Crippen LogP contribution in [0.1, 0.15) is 37.9 Å². The second-order valence-electron chi connectivity index (χ2n) is 6.83. The molecule has 0 aliphatic carbocycles. The molecule has 0 saturated carbocycles. The SMILES string of the molecule is CC(C)(C)OC(=O)NC(CNCc1ccccc1Cl)c1ccccc1. The van der Waals surface area contributed by atoms with Gasteiger partial charge in [-0.25, -0.2) is 4.79 Å². The summed E-state index contributed by atoms with van der Waals surface area (Å²) in [7, 11) is 0. The average molecular weight is 361 g/mol. The predicted molar refractivity (Wildman–Crippen MR) is 102 cm³/mol. The first-order valence-electron chi connectivity index (χ1n) is 8.34. The molecule has 0 spiro atoms. The molecule has 0 bridgehead atoms. The van der Waals surface area contributed by atoms with Crippen LogP contribution in [0.2, 0.25) is 5.02 Å². The second kappa shape index (κ2) is 8.88. The number of carbonyl (C=O) groups excluding carboxylic acids is 1. The quantitative estimate of drug-likeness (QED) is 0.785. The summed E-state index contributed by atoms with van der Waals surface area (Å²) in [4.78, 5) is 12.1. The number of nitrogens with one attached hydrogen (secondary N) is 2. The Balaban J connectivity index is 2.00. The van der Waals surface area contributed by atoms with Gasteiger partial charge in [-0.1, -0.05) is 60.1 Å². The van der Waals surface area contributed by atoms with Crippen LogP contribution in [0.4, 0.5) is 4.79 Å². The van der Waals surface area contributed by atoms with Crippen LogP contribution in [0.15, 0.2) is 54.6 Å². The summed E-state index contributed by atoms with van der Waals surface area (Å²) in [6.07, 6.45) is -0.430. The number of amides is 1. The lowest BCUT2D eigenvalue weighted by atomic mass is 10.1. The van der Waals surface area contributed by atoms with Gasteiger partial charge in [0.05, 0.1) is 6.04 Å². The van der Waals surface area contributed by atoms with Gasteiger partial charge in [-0.3, -0.25) is 0 Å². The van der Waals surface area contributed by atoms with Crippen LogP contribution in [0.25, 0.3) is 0 Å². The number of alkyl carbamates (subject to hydrolysis) is 1. The van der Waals surface area contributed by atoms with E-state index in [2.05, 4.69) is 10.6 Å². The summed E-state index contributed by atoms with van der Waals surface area (Å²) >= 11 is 6.18. The van der Waals surface area contributed by atoms with E-state index in [1.54, 1.807) is 0 Å². The highest BCUT2D eigenvalue weighted by Gasteiger charge is 2.20. The maximum absolute atomic E-state index is 12.1. The number of ether oxygens (including phenoxy) is 1. The van der Waals surface area contributed by atoms with E-state index >= 15 is 0 Å². The molecule has 2 aromatic rings. The Bertz CT molecular complexity index is 684. The Labute approximate surface area is 154 Å². The fourth-order valence-corrected chi connectivity index (χ4v) is 2.58. The van der Waals surface area contributed by atoms with Gasteiger partial charge in [0, 0.05) is 18.1 Å². The van der Waals surface area contributed by atoms with Gasteiger partial charge < -0.3 is 15.4 Å². The fourth-order valence-electron chi connectivity index (χ4n) is 2.38. The normalized spacial score (nSPS) is 12.5. The van der Waals surface area contributed by atoms with Crippen LogP contribution < -0.4 is 10.6 Å². The monoisotopic (exact) mass is 360 g/mol. The van der Waals surface area contributed by atoms with Gasteiger partial charge in [0.25, 0.3) is 0 Å². The molecular weight excluding hydrogens is 336 g/mol. The zero-order valence-corrected chi connectivity index (χ0v) is 15.6. The average Bonchev–Trinajstić information content (AvgIpc) is 2.55. The van der Waals surface area contributed by atoms with Crippen molar-refractivity contribution in [1.29, 1.82) is 0 Å². The number of carbonyl (C=O) groups is 1. The molecule has 5 heteroatoms. The lowest BCUT2D eigenvalue weighted by molar-refractivity contribution is 0.0503. The molecule has 2 aromatic carbocycles. The predicted octanol–water partition coefficient (Wildman–Crippen LogP) is 4.70. The molecule has 0 fully saturated rings. The van der Waals surface area contributed by atoms with Gasteiger partial charge in [0.15, 0.2) is 0 Å². The van der Waals surface area contributed by atoms with Crippen molar-refractivity contribution < 1.29 is 9.53 Å². The smallest absolute Gasteiger partial charge is 0.408 e. The van der Waals surface area contributed by atoms with E-state index in [9.17, 15) is 4.79 Å². The standard InChI is InChI=1S/C20H25ClN2O2/c1-20(2,3)25-19(24)23-18(15-9-5-4-6-10-15)14-22-13-16-11-7-8-12-17(16)21/h4-12,18,22H,13-14H2,1-3H3,(H,23,24). The van der Waals surface area contributed by atoms with Crippen molar-refractivity contribution in [3.8, 4) is 0 Å². The number of hydrogen-bond donors (Lipinski definition) is 2. The first-order valence-corrected chi connectivity index (χ1v) is 8.71. The largest absolute Gasteiger partial charge is 0.444 e. The van der Waals surface area contributed by atoms with E-state index < -0.39 is 11.7 Å². The summed E-state index contributed by atoms with van der Waals surface area (Å²) < 4.78 is 5.37. The van der Waals surface area contributed by atoms with Crippen molar-refractivity contribution in [2.75, 3.05) is 6.54 Å². The molecule has 4 nitrogen and oxygen atoms in total. The highest BCUT2D eigenvalue weighted by molar-refractivity contribution is 6.31. The van der Waals surface area contributed by atoms with Crippen molar-refractivity contribution >= 4 is 17.7 Å². The van der Waals surface area contributed by atoms with Crippen molar-refractivity contribution in [3.05, 3.63) is 70.7 Å². The van der Waals surface area contributed by atoms with Gasteiger partial charge in [-0.2, -0.15) is 0 Å². The molecule has 1 amide bonds. The first kappa shape index (κ1) is 19.3. The molecule has 0 saturated heterocycles. The molecule has 0 heterocycles. The number of rotatable bonds is 6. The molecule has 0 radical (unpaired) electrons. The molecule has 0 aromatic heterocycles. The molecule has 25 heavy (non-hydrogen) atoms. The highest BCUT2D eigenvalue weighted by Crippen LogP contribution is 2.16. The van der Waals surface area contributed by atoms with Crippen molar-refractivity contribution in [2.45, 2.75) is 39.0 Å². The Kier molecular flexibility index (Phi) is 6.85. The minimum Gasteiger partial charge on any atom is -0.444 e. The molecular formula is C20H25ClN2O2. The minimum atomic E-state index is -0.531. The van der Waals surface area contributed by atoms with E-state index in [0.717, 1.165) is 16.1 Å². The lowest BCUT2D eigenvalue weighted by Gasteiger charge is -2.24. The zero-order valence-electron chi connectivity index (χ0n) is 14.9. The van der Waals surface area contributed by atoms with Crippen LogP contribution in [0.3, 0.4) is 0 Å². The molecule has 2 rings (SSSR count). The Morgan fingerprint density at radius 3 is 2.36 bits per heavy atom. The number of benzene rings is 2. The summed E-state index contributed by atoms with van der Waals surface area (Å²) in [6, 6.07) is 17.3. The van der Waals surface area contributed by atoms with Crippen LogP contribution in [0, 0.1) is 0 Å². The molecule has 2 N–H and O–H groups in total. The Hall–Kier alpha value is -2.04. The fraction of sp³-hybridized carbons (Fsp3) is 0.350. The molecule has 0 aliphatic heterocycles. The van der Waals surface area contributed by atoms with Crippen LogP contribution in [-0.2, 0) is 11.3 Å². The van der Waals surface area contributed by atoms with E-state index in [-0.39, 0.29) is 6.04 Å². The van der Waals surface area contributed by atoms with E-state index in [1.165, 1.54) is 0 Å². The van der Waals surface area contributed by atoms with Crippen LogP contribution >= 0.6 is 11.6 Å². The van der Waals surface area contributed by atoms with Gasteiger partial charge >= 0.3 is 6.09 Å². The summed E-state index contributed by atoms with van der Waals surface area (Å²) in [6.45, 7) is 6.73. The molecule has 1 unspecified atom stereocenters. The van der Waals surface area contributed by atoms with Crippen LogP contribution in [-0.4, -0.2) is 18.2 Å². The summed E-state index contributed by atoms with van der Waals surface area (Å²) in [5, 5.41) is 7.02. The molecule has 1 atom stereocenters. The van der Waals surface area contributed by atoms with Gasteiger partial charge in [-0.15, -0.1) is 0 Å². The van der Waals surface area contributed by atoms with E-state index in [0.29, 0.717) is 13.1 Å². The topological polar surface area (TPSA) is 50.4 Å². The Morgan fingerprint density at radius 2 is 1.72 bits per heavy atom. The van der Waals surface area contributed by atoms with Gasteiger partial charge in [0.2, 0.25) is 0 Å². The number of hydrogen-bond acceptors (Lipinski definition) is 3.